The van der Waals surface area contributed by atoms with E-state index in [0.717, 1.165) is 12.1 Å². The van der Waals surface area contributed by atoms with Gasteiger partial charge in [0.05, 0.1) is 27.8 Å². The zero-order valence-corrected chi connectivity index (χ0v) is 9.15. The Hall–Kier alpha value is -1.82. The summed E-state index contributed by atoms with van der Waals surface area (Å²) in [5.74, 6) is -0.733. The van der Waals surface area contributed by atoms with Gasteiger partial charge in [-0.2, -0.15) is 0 Å². The number of nitrogen functional groups attached to an aromatic ring is 1. The van der Waals surface area contributed by atoms with Crippen LogP contribution in [0.2, 0.25) is 5.02 Å². The van der Waals surface area contributed by atoms with Gasteiger partial charge in [-0.1, -0.05) is 11.6 Å². The average molecular weight is 245 g/mol. The van der Waals surface area contributed by atoms with Crippen LogP contribution in [-0.4, -0.2) is 17.5 Å². The van der Waals surface area contributed by atoms with E-state index in [1.165, 1.54) is 0 Å². The molecule has 0 bridgehead atoms. The molecule has 0 saturated carbocycles. The van der Waals surface area contributed by atoms with Crippen LogP contribution in [0, 0.1) is 10.1 Å². The van der Waals surface area contributed by atoms with E-state index in [9.17, 15) is 14.9 Å². The highest BCUT2D eigenvalue weighted by atomic mass is 35.5. The first-order valence-corrected chi connectivity index (χ1v) is 4.75. The van der Waals surface area contributed by atoms with Gasteiger partial charge < -0.3 is 10.5 Å². The molecule has 0 radical (unpaired) electrons. The van der Waals surface area contributed by atoms with Crippen molar-refractivity contribution in [2.75, 3.05) is 12.3 Å². The molecule has 0 atom stereocenters. The van der Waals surface area contributed by atoms with Crippen molar-refractivity contribution in [2.45, 2.75) is 6.92 Å². The summed E-state index contributed by atoms with van der Waals surface area (Å²) in [5.41, 5.74) is 5.02. The number of nitrogens with two attached hydrogens (primary N) is 1. The van der Waals surface area contributed by atoms with E-state index in [0.29, 0.717) is 0 Å². The summed E-state index contributed by atoms with van der Waals surface area (Å²) in [7, 11) is 0. The van der Waals surface area contributed by atoms with Crippen molar-refractivity contribution in [3.63, 3.8) is 0 Å². The fourth-order valence-electron chi connectivity index (χ4n) is 1.09. The molecule has 16 heavy (non-hydrogen) atoms. The fraction of sp³-hybridized carbons (Fsp3) is 0.222. The summed E-state index contributed by atoms with van der Waals surface area (Å²) in [6.07, 6.45) is 0. The number of rotatable bonds is 3. The van der Waals surface area contributed by atoms with Gasteiger partial charge in [-0.15, -0.1) is 0 Å². The maximum absolute atomic E-state index is 11.4. The van der Waals surface area contributed by atoms with Gasteiger partial charge >= 0.3 is 5.97 Å². The van der Waals surface area contributed by atoms with E-state index in [-0.39, 0.29) is 28.6 Å². The van der Waals surface area contributed by atoms with Gasteiger partial charge in [-0.3, -0.25) is 10.1 Å². The van der Waals surface area contributed by atoms with Gasteiger partial charge in [0.1, 0.15) is 0 Å². The Morgan fingerprint density at radius 1 is 1.62 bits per heavy atom. The number of nitro benzene ring substituents is 1. The predicted molar refractivity (Wildman–Crippen MR) is 58.5 cm³/mol. The molecule has 7 heteroatoms. The summed E-state index contributed by atoms with van der Waals surface area (Å²) in [6.45, 7) is 1.77. The standard InChI is InChI=1S/C9H9ClN2O4/c1-2-16-9(13)6-3-5(12(14)15)4-7(11)8(6)10/h3-4H,2,11H2,1H3. The molecule has 0 aliphatic rings. The molecule has 0 amide bonds. The minimum absolute atomic E-state index is 0.0288. The first kappa shape index (κ1) is 12.3. The maximum atomic E-state index is 11.4. The number of hydrogen-bond acceptors (Lipinski definition) is 5. The Balaban J connectivity index is 3.26. The van der Waals surface area contributed by atoms with Gasteiger partial charge in [0, 0.05) is 12.1 Å². The number of nitrogens with zero attached hydrogens (tertiary/aromatic N) is 1. The number of ether oxygens (including phenoxy) is 1. The van der Waals surface area contributed by atoms with Gasteiger partial charge in [0.15, 0.2) is 0 Å². The summed E-state index contributed by atoms with van der Waals surface area (Å²) >= 11 is 5.75. The summed E-state index contributed by atoms with van der Waals surface area (Å²) in [4.78, 5) is 21.3. The minimum atomic E-state index is -0.733. The predicted octanol–water partition coefficient (Wildman–Crippen LogP) is 2.01. The van der Waals surface area contributed by atoms with Gasteiger partial charge in [0.25, 0.3) is 5.69 Å². The molecule has 0 saturated heterocycles. The molecule has 1 aromatic rings. The SMILES string of the molecule is CCOC(=O)c1cc([N+](=O)[O-])cc(N)c1Cl. The number of nitro groups is 1. The van der Waals surface area contributed by atoms with E-state index < -0.39 is 10.9 Å². The zero-order valence-electron chi connectivity index (χ0n) is 8.40. The van der Waals surface area contributed by atoms with Crippen LogP contribution in [0.1, 0.15) is 17.3 Å². The highest BCUT2D eigenvalue weighted by Crippen LogP contribution is 2.29. The van der Waals surface area contributed by atoms with Crippen molar-refractivity contribution in [3.05, 3.63) is 32.8 Å². The Morgan fingerprint density at radius 2 is 2.25 bits per heavy atom. The Bertz CT molecular complexity index is 447. The molecule has 1 aromatic carbocycles. The van der Waals surface area contributed by atoms with Gasteiger partial charge in [-0.25, -0.2) is 4.79 Å². The number of non-ortho nitro benzene ring substituents is 1. The van der Waals surface area contributed by atoms with Crippen molar-refractivity contribution in [2.24, 2.45) is 0 Å². The van der Waals surface area contributed by atoms with E-state index in [1.807, 2.05) is 0 Å². The number of carbonyl (C=O) groups is 1. The Kier molecular flexibility index (Phi) is 3.68. The number of hydrogen-bond donors (Lipinski definition) is 1. The van der Waals surface area contributed by atoms with Crippen molar-refractivity contribution in [1.29, 1.82) is 0 Å². The minimum Gasteiger partial charge on any atom is -0.462 e. The summed E-state index contributed by atoms with van der Waals surface area (Å²) in [5, 5.41) is 10.5. The highest BCUT2D eigenvalue weighted by Gasteiger charge is 2.19. The van der Waals surface area contributed by atoms with Crippen LogP contribution in [0.4, 0.5) is 11.4 Å². The third kappa shape index (κ3) is 2.40. The lowest BCUT2D eigenvalue weighted by molar-refractivity contribution is -0.384. The highest BCUT2D eigenvalue weighted by molar-refractivity contribution is 6.36. The number of halogens is 1. The fourth-order valence-corrected chi connectivity index (χ4v) is 1.28. The van der Waals surface area contributed by atoms with Crippen molar-refractivity contribution in [1.82, 2.24) is 0 Å². The lowest BCUT2D eigenvalue weighted by Crippen LogP contribution is -2.07. The first-order chi connectivity index (χ1) is 7.47. The molecule has 6 nitrogen and oxygen atoms in total. The lowest BCUT2D eigenvalue weighted by Gasteiger charge is -2.06. The number of carbonyl (C=O) groups excluding carboxylic acids is 1. The van der Waals surface area contributed by atoms with E-state index >= 15 is 0 Å². The molecule has 2 N–H and O–H groups in total. The molecule has 0 fully saturated rings. The molecule has 0 heterocycles. The van der Waals surface area contributed by atoms with Crippen LogP contribution < -0.4 is 5.73 Å². The van der Waals surface area contributed by atoms with Crippen molar-refractivity contribution in [3.8, 4) is 0 Å². The van der Waals surface area contributed by atoms with E-state index in [4.69, 9.17) is 22.1 Å². The zero-order chi connectivity index (χ0) is 12.3. The Labute approximate surface area is 96.1 Å². The third-order valence-electron chi connectivity index (χ3n) is 1.79. The number of esters is 1. The van der Waals surface area contributed by atoms with E-state index in [2.05, 4.69) is 0 Å². The van der Waals surface area contributed by atoms with Crippen LogP contribution in [-0.2, 0) is 4.74 Å². The summed E-state index contributed by atoms with van der Waals surface area (Å²) in [6, 6.07) is 2.13. The molecular formula is C9H9ClN2O4. The van der Waals surface area contributed by atoms with Crippen LogP contribution in [0.3, 0.4) is 0 Å². The average Bonchev–Trinajstić information content (AvgIpc) is 2.21. The molecule has 0 spiro atoms. The molecule has 1 rings (SSSR count). The topological polar surface area (TPSA) is 95.5 Å². The number of anilines is 1. The second-order valence-corrected chi connectivity index (χ2v) is 3.25. The quantitative estimate of drug-likeness (QED) is 0.380. The first-order valence-electron chi connectivity index (χ1n) is 4.38. The third-order valence-corrected chi connectivity index (χ3v) is 2.21. The van der Waals surface area contributed by atoms with Crippen LogP contribution in [0.5, 0.6) is 0 Å². The lowest BCUT2D eigenvalue weighted by atomic mass is 10.1. The number of benzene rings is 1. The second kappa shape index (κ2) is 4.80. The molecule has 0 aliphatic heterocycles. The second-order valence-electron chi connectivity index (χ2n) is 2.87. The summed E-state index contributed by atoms with van der Waals surface area (Å²) < 4.78 is 4.70. The molecule has 0 aliphatic carbocycles. The largest absolute Gasteiger partial charge is 0.462 e. The van der Waals surface area contributed by atoms with Crippen LogP contribution in [0.25, 0.3) is 0 Å². The molecule has 0 unspecified atom stereocenters. The molecule has 0 aromatic heterocycles. The molecular weight excluding hydrogens is 236 g/mol. The van der Waals surface area contributed by atoms with Crippen LogP contribution >= 0.6 is 11.6 Å². The van der Waals surface area contributed by atoms with E-state index in [1.54, 1.807) is 6.92 Å². The molecule has 86 valence electrons. The normalized spacial score (nSPS) is 9.88. The maximum Gasteiger partial charge on any atom is 0.339 e. The van der Waals surface area contributed by atoms with Gasteiger partial charge in [0.2, 0.25) is 0 Å². The van der Waals surface area contributed by atoms with Crippen LogP contribution in [0.15, 0.2) is 12.1 Å². The van der Waals surface area contributed by atoms with Crippen molar-refractivity contribution >= 4 is 28.9 Å². The smallest absolute Gasteiger partial charge is 0.339 e. The Morgan fingerprint density at radius 3 is 2.75 bits per heavy atom. The monoisotopic (exact) mass is 244 g/mol. The van der Waals surface area contributed by atoms with Crippen molar-refractivity contribution < 1.29 is 14.5 Å². The van der Waals surface area contributed by atoms with Gasteiger partial charge in [-0.05, 0) is 6.92 Å².